The van der Waals surface area contributed by atoms with E-state index in [2.05, 4.69) is 16.9 Å². The van der Waals surface area contributed by atoms with E-state index in [1.165, 1.54) is 0 Å². The Morgan fingerprint density at radius 1 is 1.47 bits per heavy atom. The van der Waals surface area contributed by atoms with E-state index in [0.29, 0.717) is 6.42 Å². The summed E-state index contributed by atoms with van der Waals surface area (Å²) in [4.78, 5) is 9.57. The second-order valence-electron chi connectivity index (χ2n) is 4.47. The van der Waals surface area contributed by atoms with Gasteiger partial charge in [0.1, 0.15) is 0 Å². The van der Waals surface area contributed by atoms with Crippen LogP contribution < -0.4 is 0 Å². The highest BCUT2D eigenvalue weighted by atomic mass is 32.1. The lowest BCUT2D eigenvalue weighted by atomic mass is 10.00. The molecule has 0 spiro atoms. The maximum absolute atomic E-state index is 10.4. The van der Waals surface area contributed by atoms with E-state index in [1.807, 2.05) is 34.4 Å². The Morgan fingerprint density at radius 3 is 3.16 bits per heavy atom. The molecule has 3 rings (SSSR count). The second kappa shape index (κ2) is 5.11. The van der Waals surface area contributed by atoms with Gasteiger partial charge in [-0.25, -0.2) is 4.98 Å². The van der Waals surface area contributed by atoms with E-state index in [0.717, 1.165) is 28.2 Å². The van der Waals surface area contributed by atoms with Crippen molar-refractivity contribution in [3.63, 3.8) is 0 Å². The summed E-state index contributed by atoms with van der Waals surface area (Å²) in [5.74, 6) is 0. The van der Waals surface area contributed by atoms with Gasteiger partial charge in [0, 0.05) is 36.6 Å². The minimum absolute atomic E-state index is 0.525. The number of nitrogens with zero attached hydrogens (tertiary/aromatic N) is 3. The van der Waals surface area contributed by atoms with E-state index in [-0.39, 0.29) is 0 Å². The molecule has 5 heteroatoms. The third-order valence-electron chi connectivity index (χ3n) is 3.23. The van der Waals surface area contributed by atoms with E-state index < -0.39 is 6.10 Å². The Labute approximate surface area is 115 Å². The Hall–Kier alpha value is -1.72. The number of aromatic nitrogens is 3. The summed E-state index contributed by atoms with van der Waals surface area (Å²) in [5.41, 5.74) is 2.96. The maximum atomic E-state index is 10.4. The van der Waals surface area contributed by atoms with Crippen molar-refractivity contribution in [3.8, 4) is 0 Å². The summed E-state index contributed by atoms with van der Waals surface area (Å²) in [7, 11) is 0. The number of fused-ring (bicyclic) bond motifs is 1. The van der Waals surface area contributed by atoms with E-state index in [4.69, 9.17) is 0 Å². The number of aliphatic hydroxyl groups is 1. The molecule has 0 aromatic carbocycles. The van der Waals surface area contributed by atoms with Crippen LogP contribution in [0, 0.1) is 0 Å². The number of aryl methyl sites for hydroxylation is 1. The zero-order valence-corrected chi connectivity index (χ0v) is 11.5. The van der Waals surface area contributed by atoms with Crippen LogP contribution in [-0.2, 0) is 12.8 Å². The van der Waals surface area contributed by atoms with Gasteiger partial charge in [-0.3, -0.25) is 9.38 Å². The summed E-state index contributed by atoms with van der Waals surface area (Å²) in [5, 5.41) is 12.4. The van der Waals surface area contributed by atoms with Crippen LogP contribution in [0.4, 0.5) is 0 Å². The van der Waals surface area contributed by atoms with Gasteiger partial charge in [0.2, 0.25) is 0 Å². The van der Waals surface area contributed by atoms with Crippen molar-refractivity contribution in [2.75, 3.05) is 0 Å². The normalized spacial score (nSPS) is 12.9. The van der Waals surface area contributed by atoms with Crippen LogP contribution in [0.2, 0.25) is 0 Å². The molecular weight excluding hydrogens is 258 g/mol. The largest absolute Gasteiger partial charge is 0.388 e. The lowest BCUT2D eigenvalue weighted by Gasteiger charge is -2.13. The van der Waals surface area contributed by atoms with Gasteiger partial charge in [-0.05, 0) is 23.6 Å². The van der Waals surface area contributed by atoms with Gasteiger partial charge in [-0.2, -0.15) is 0 Å². The van der Waals surface area contributed by atoms with E-state index >= 15 is 0 Å². The molecule has 0 amide bonds. The first-order valence-electron chi connectivity index (χ1n) is 6.30. The predicted molar refractivity (Wildman–Crippen MR) is 75.3 cm³/mol. The van der Waals surface area contributed by atoms with Gasteiger partial charge < -0.3 is 5.11 Å². The molecule has 1 unspecified atom stereocenters. The Kier molecular flexibility index (Phi) is 3.31. The molecule has 0 aliphatic carbocycles. The molecule has 3 aromatic rings. The molecule has 19 heavy (non-hydrogen) atoms. The standard InChI is InChI=1S/C14H15N3OS/c1-2-10-8-15-4-3-12(10)13(18)7-11-9-17-5-6-19-14(17)16-11/h3-6,8-9,13,18H,2,7H2,1H3. The van der Waals surface area contributed by atoms with Crippen LogP contribution >= 0.6 is 11.3 Å². The molecule has 3 aromatic heterocycles. The lowest BCUT2D eigenvalue weighted by molar-refractivity contribution is 0.176. The highest BCUT2D eigenvalue weighted by Gasteiger charge is 2.14. The summed E-state index contributed by atoms with van der Waals surface area (Å²) in [6, 6.07) is 1.89. The van der Waals surface area contributed by atoms with Gasteiger partial charge in [0.25, 0.3) is 0 Å². The molecular formula is C14H15N3OS. The highest BCUT2D eigenvalue weighted by molar-refractivity contribution is 7.15. The maximum Gasteiger partial charge on any atom is 0.193 e. The SMILES string of the molecule is CCc1cnccc1C(O)Cc1cn2ccsc2n1. The zero-order valence-electron chi connectivity index (χ0n) is 10.7. The van der Waals surface area contributed by atoms with Gasteiger partial charge in [0.15, 0.2) is 4.96 Å². The molecule has 1 atom stereocenters. The van der Waals surface area contributed by atoms with Gasteiger partial charge >= 0.3 is 0 Å². The van der Waals surface area contributed by atoms with Gasteiger partial charge in [-0.1, -0.05) is 6.92 Å². The molecule has 4 nitrogen and oxygen atoms in total. The minimum atomic E-state index is -0.525. The van der Waals surface area contributed by atoms with Crippen molar-refractivity contribution >= 4 is 16.3 Å². The Balaban J connectivity index is 1.84. The van der Waals surface area contributed by atoms with Gasteiger partial charge in [-0.15, -0.1) is 11.3 Å². The molecule has 0 saturated heterocycles. The van der Waals surface area contributed by atoms with Crippen molar-refractivity contribution in [1.29, 1.82) is 0 Å². The summed E-state index contributed by atoms with van der Waals surface area (Å²) in [6.07, 6.45) is 8.38. The Bertz CT molecular complexity index is 660. The first kappa shape index (κ1) is 12.3. The fraction of sp³-hybridized carbons (Fsp3) is 0.286. The van der Waals surface area contributed by atoms with Crippen LogP contribution in [0.25, 0.3) is 4.96 Å². The lowest BCUT2D eigenvalue weighted by Crippen LogP contribution is -2.05. The molecule has 0 aliphatic rings. The molecule has 3 heterocycles. The number of hydrogen-bond donors (Lipinski definition) is 1. The van der Waals surface area contributed by atoms with Gasteiger partial charge in [0.05, 0.1) is 11.8 Å². The smallest absolute Gasteiger partial charge is 0.193 e. The van der Waals surface area contributed by atoms with Crippen molar-refractivity contribution in [3.05, 3.63) is 53.1 Å². The number of pyridine rings is 1. The topological polar surface area (TPSA) is 50.4 Å². The second-order valence-corrected chi connectivity index (χ2v) is 5.35. The van der Waals surface area contributed by atoms with E-state index in [1.54, 1.807) is 17.5 Å². The molecule has 0 aliphatic heterocycles. The van der Waals surface area contributed by atoms with Crippen LogP contribution in [0.5, 0.6) is 0 Å². The number of hydrogen-bond acceptors (Lipinski definition) is 4. The predicted octanol–water partition coefficient (Wildman–Crippen LogP) is 2.63. The first-order valence-corrected chi connectivity index (χ1v) is 7.18. The molecule has 0 radical (unpaired) electrons. The minimum Gasteiger partial charge on any atom is -0.388 e. The summed E-state index contributed by atoms with van der Waals surface area (Å²) >= 11 is 1.60. The summed E-state index contributed by atoms with van der Waals surface area (Å²) < 4.78 is 1.99. The fourth-order valence-electron chi connectivity index (χ4n) is 2.24. The third kappa shape index (κ3) is 2.39. The molecule has 1 N–H and O–H groups in total. The number of aliphatic hydroxyl groups excluding tert-OH is 1. The van der Waals surface area contributed by atoms with Crippen LogP contribution in [0.3, 0.4) is 0 Å². The van der Waals surface area contributed by atoms with Crippen LogP contribution in [0.15, 0.2) is 36.2 Å². The van der Waals surface area contributed by atoms with Crippen molar-refractivity contribution in [1.82, 2.24) is 14.4 Å². The third-order valence-corrected chi connectivity index (χ3v) is 4.00. The first-order chi connectivity index (χ1) is 9.28. The molecule has 0 bridgehead atoms. The monoisotopic (exact) mass is 273 g/mol. The zero-order chi connectivity index (χ0) is 13.2. The number of imidazole rings is 1. The molecule has 0 fully saturated rings. The Morgan fingerprint density at radius 2 is 2.37 bits per heavy atom. The fourth-order valence-corrected chi connectivity index (χ4v) is 2.96. The molecule has 98 valence electrons. The van der Waals surface area contributed by atoms with E-state index in [9.17, 15) is 5.11 Å². The average molecular weight is 273 g/mol. The van der Waals surface area contributed by atoms with Crippen LogP contribution in [-0.4, -0.2) is 19.5 Å². The number of rotatable bonds is 4. The summed E-state index contributed by atoms with van der Waals surface area (Å²) in [6.45, 7) is 2.07. The average Bonchev–Trinajstić information content (AvgIpc) is 2.99. The molecule has 0 saturated carbocycles. The van der Waals surface area contributed by atoms with Crippen molar-refractivity contribution in [2.24, 2.45) is 0 Å². The van der Waals surface area contributed by atoms with Crippen LogP contribution in [0.1, 0.15) is 29.8 Å². The van der Waals surface area contributed by atoms with Crippen molar-refractivity contribution < 1.29 is 5.11 Å². The highest BCUT2D eigenvalue weighted by Crippen LogP contribution is 2.22. The number of thiazole rings is 1. The van der Waals surface area contributed by atoms with Crippen molar-refractivity contribution in [2.45, 2.75) is 25.9 Å². The quantitative estimate of drug-likeness (QED) is 0.795.